The molecule has 0 aromatic heterocycles. The van der Waals surface area contributed by atoms with Crippen LogP contribution in [-0.4, -0.2) is 53.8 Å². The highest BCUT2D eigenvalue weighted by Gasteiger charge is 2.21. The summed E-state index contributed by atoms with van der Waals surface area (Å²) in [5.74, 6) is 0.498. The molecule has 1 fully saturated rings. The molecule has 0 radical (unpaired) electrons. The maximum atomic E-state index is 13.0. The van der Waals surface area contributed by atoms with Crippen molar-refractivity contribution in [3.8, 4) is 5.75 Å². The van der Waals surface area contributed by atoms with Crippen molar-refractivity contribution < 1.29 is 22.7 Å². The maximum Gasteiger partial charge on any atom is 0.253 e. The first kappa shape index (κ1) is 24.0. The Morgan fingerprint density at radius 2 is 1.88 bits per heavy atom. The number of nitrogens with zero attached hydrogens (tertiary/aromatic N) is 1. The monoisotopic (exact) mass is 461 g/mol. The van der Waals surface area contributed by atoms with Gasteiger partial charge in [0.25, 0.3) is 5.91 Å². The van der Waals surface area contributed by atoms with Crippen molar-refractivity contribution in [2.75, 3.05) is 44.4 Å². The van der Waals surface area contributed by atoms with E-state index in [2.05, 4.69) is 12.2 Å². The molecule has 32 heavy (non-hydrogen) atoms. The topological polar surface area (TPSA) is 111 Å². The standard InChI is InChI=1S/C23H31N3O5S/c1-2-3-14-31-19-6-4-18(5-7-19)10-11-25-23(27)21-17-20(32(24,28)29)8-9-22(21)26-12-15-30-16-13-26/h4-9,17H,2-3,10-16H2,1H3,(H,25,27)(H2,24,28,29). The number of anilines is 1. The van der Waals surface area contributed by atoms with Gasteiger partial charge in [-0.25, -0.2) is 13.6 Å². The molecule has 9 heteroatoms. The fraction of sp³-hybridized carbons (Fsp3) is 0.435. The molecular formula is C23H31N3O5S. The molecule has 2 aromatic rings. The molecule has 2 aromatic carbocycles. The zero-order valence-corrected chi connectivity index (χ0v) is 19.2. The smallest absolute Gasteiger partial charge is 0.253 e. The third-order valence-electron chi connectivity index (χ3n) is 5.28. The number of benzene rings is 2. The van der Waals surface area contributed by atoms with E-state index in [1.807, 2.05) is 29.2 Å². The van der Waals surface area contributed by atoms with Crippen molar-refractivity contribution in [2.24, 2.45) is 5.14 Å². The zero-order valence-electron chi connectivity index (χ0n) is 18.4. The number of primary sulfonamides is 1. The van der Waals surface area contributed by atoms with Crippen molar-refractivity contribution in [3.63, 3.8) is 0 Å². The molecule has 0 bridgehead atoms. The quantitative estimate of drug-likeness (QED) is 0.526. The van der Waals surface area contributed by atoms with Crippen LogP contribution in [0.4, 0.5) is 5.69 Å². The van der Waals surface area contributed by atoms with Gasteiger partial charge in [-0.1, -0.05) is 25.5 Å². The normalized spacial score (nSPS) is 14.2. The lowest BCUT2D eigenvalue weighted by Crippen LogP contribution is -2.38. The Balaban J connectivity index is 1.65. The molecule has 1 saturated heterocycles. The predicted molar refractivity (Wildman–Crippen MR) is 124 cm³/mol. The summed E-state index contributed by atoms with van der Waals surface area (Å²) < 4.78 is 34.7. The number of hydrogen-bond acceptors (Lipinski definition) is 6. The van der Waals surface area contributed by atoms with Crippen molar-refractivity contribution >= 4 is 21.6 Å². The highest BCUT2D eigenvalue weighted by Crippen LogP contribution is 2.25. The molecular weight excluding hydrogens is 430 g/mol. The minimum absolute atomic E-state index is 0.0849. The van der Waals surface area contributed by atoms with Crippen LogP contribution >= 0.6 is 0 Å². The number of rotatable bonds is 10. The number of hydrogen-bond donors (Lipinski definition) is 2. The Morgan fingerprint density at radius 3 is 2.53 bits per heavy atom. The number of sulfonamides is 1. The predicted octanol–water partition coefficient (Wildman–Crippen LogP) is 2.32. The van der Waals surface area contributed by atoms with Gasteiger partial charge in [0.15, 0.2) is 0 Å². The summed E-state index contributed by atoms with van der Waals surface area (Å²) in [5.41, 5.74) is 2.03. The molecule has 0 unspecified atom stereocenters. The summed E-state index contributed by atoms with van der Waals surface area (Å²) >= 11 is 0. The number of unbranched alkanes of at least 4 members (excludes halogenated alkanes) is 1. The van der Waals surface area contributed by atoms with E-state index < -0.39 is 10.0 Å². The summed E-state index contributed by atoms with van der Waals surface area (Å²) in [7, 11) is -3.92. The van der Waals surface area contributed by atoms with Crippen LogP contribution in [0, 0.1) is 0 Å². The lowest BCUT2D eigenvalue weighted by Gasteiger charge is -2.30. The number of nitrogens with two attached hydrogens (primary N) is 1. The fourth-order valence-corrected chi connectivity index (χ4v) is 4.00. The average Bonchev–Trinajstić information content (AvgIpc) is 2.80. The first-order valence-corrected chi connectivity index (χ1v) is 12.4. The Kier molecular flexibility index (Phi) is 8.49. The summed E-state index contributed by atoms with van der Waals surface area (Å²) in [6.07, 6.45) is 2.75. The summed E-state index contributed by atoms with van der Waals surface area (Å²) in [6, 6.07) is 12.2. The maximum absolute atomic E-state index is 13.0. The van der Waals surface area contributed by atoms with Crippen molar-refractivity contribution in [3.05, 3.63) is 53.6 Å². The van der Waals surface area contributed by atoms with E-state index in [1.54, 1.807) is 6.07 Å². The van der Waals surface area contributed by atoms with Gasteiger partial charge in [-0.3, -0.25) is 4.79 Å². The SMILES string of the molecule is CCCCOc1ccc(CCNC(=O)c2cc(S(N)(=O)=O)ccc2N2CCOCC2)cc1. The van der Waals surface area contributed by atoms with Gasteiger partial charge in [0.1, 0.15) is 5.75 Å². The molecule has 0 saturated carbocycles. The van der Waals surface area contributed by atoms with Gasteiger partial charge < -0.3 is 19.7 Å². The molecule has 1 aliphatic rings. The minimum Gasteiger partial charge on any atom is -0.494 e. The molecule has 0 spiro atoms. The van der Waals surface area contributed by atoms with Crippen LogP contribution < -0.4 is 20.1 Å². The number of amides is 1. The second kappa shape index (κ2) is 11.3. The Labute approximate surface area is 189 Å². The van der Waals surface area contributed by atoms with Crippen LogP contribution in [0.1, 0.15) is 35.7 Å². The first-order valence-electron chi connectivity index (χ1n) is 10.9. The molecule has 0 atom stereocenters. The number of nitrogens with one attached hydrogen (secondary N) is 1. The van der Waals surface area contributed by atoms with Crippen LogP contribution in [0.3, 0.4) is 0 Å². The van der Waals surface area contributed by atoms with E-state index in [1.165, 1.54) is 12.1 Å². The Morgan fingerprint density at radius 1 is 1.16 bits per heavy atom. The summed E-state index contributed by atoms with van der Waals surface area (Å²) in [6.45, 7) is 5.59. The molecule has 1 aliphatic heterocycles. The van der Waals surface area contributed by atoms with Crippen molar-refractivity contribution in [1.29, 1.82) is 0 Å². The highest BCUT2D eigenvalue weighted by molar-refractivity contribution is 7.89. The number of ether oxygens (including phenoxy) is 2. The van der Waals surface area contributed by atoms with Gasteiger partial charge in [0.2, 0.25) is 10.0 Å². The third-order valence-corrected chi connectivity index (χ3v) is 6.19. The van der Waals surface area contributed by atoms with Crippen LogP contribution in [0.5, 0.6) is 5.75 Å². The van der Waals surface area contributed by atoms with Gasteiger partial charge in [-0.2, -0.15) is 0 Å². The van der Waals surface area contributed by atoms with E-state index in [0.29, 0.717) is 51.6 Å². The third kappa shape index (κ3) is 6.69. The lowest BCUT2D eigenvalue weighted by atomic mass is 10.1. The Bertz CT molecular complexity index is 1000. The van der Waals surface area contributed by atoms with E-state index >= 15 is 0 Å². The first-order chi connectivity index (χ1) is 15.4. The largest absolute Gasteiger partial charge is 0.494 e. The minimum atomic E-state index is -3.92. The van der Waals surface area contributed by atoms with Crippen LogP contribution in [0.25, 0.3) is 0 Å². The fourth-order valence-electron chi connectivity index (χ4n) is 3.46. The van der Waals surface area contributed by atoms with Gasteiger partial charge >= 0.3 is 0 Å². The van der Waals surface area contributed by atoms with E-state index in [-0.39, 0.29) is 16.4 Å². The second-order valence-corrected chi connectivity index (χ2v) is 9.24. The van der Waals surface area contributed by atoms with Gasteiger partial charge in [-0.15, -0.1) is 0 Å². The lowest BCUT2D eigenvalue weighted by molar-refractivity contribution is 0.0952. The van der Waals surface area contributed by atoms with Crippen molar-refractivity contribution in [2.45, 2.75) is 31.1 Å². The summed E-state index contributed by atoms with van der Waals surface area (Å²) in [4.78, 5) is 14.9. The number of morpholine rings is 1. The summed E-state index contributed by atoms with van der Waals surface area (Å²) in [5, 5.41) is 8.18. The van der Waals surface area contributed by atoms with Gasteiger partial charge in [0.05, 0.1) is 30.3 Å². The Hall–Kier alpha value is -2.62. The molecule has 174 valence electrons. The van der Waals surface area contributed by atoms with Gasteiger partial charge in [0, 0.05) is 25.3 Å². The van der Waals surface area contributed by atoms with Crippen LogP contribution in [0.15, 0.2) is 47.4 Å². The number of carbonyl (C=O) groups excluding carboxylic acids is 1. The van der Waals surface area contributed by atoms with E-state index in [9.17, 15) is 13.2 Å². The second-order valence-electron chi connectivity index (χ2n) is 7.68. The average molecular weight is 462 g/mol. The van der Waals surface area contributed by atoms with Crippen LogP contribution in [0.2, 0.25) is 0 Å². The molecule has 3 rings (SSSR count). The van der Waals surface area contributed by atoms with Crippen LogP contribution in [-0.2, 0) is 21.2 Å². The van der Waals surface area contributed by atoms with E-state index in [4.69, 9.17) is 14.6 Å². The van der Waals surface area contributed by atoms with Crippen molar-refractivity contribution in [1.82, 2.24) is 5.32 Å². The highest BCUT2D eigenvalue weighted by atomic mass is 32.2. The molecule has 0 aliphatic carbocycles. The molecule has 8 nitrogen and oxygen atoms in total. The molecule has 3 N–H and O–H groups in total. The molecule has 1 heterocycles. The van der Waals surface area contributed by atoms with E-state index in [0.717, 1.165) is 24.2 Å². The zero-order chi connectivity index (χ0) is 23.0. The number of carbonyl (C=O) groups is 1. The molecule has 1 amide bonds. The van der Waals surface area contributed by atoms with Gasteiger partial charge in [-0.05, 0) is 48.7 Å².